The van der Waals surface area contributed by atoms with Crippen molar-refractivity contribution in [1.29, 1.82) is 0 Å². The van der Waals surface area contributed by atoms with Gasteiger partial charge in [-0.2, -0.15) is 4.39 Å². The standard InChI is InChI=1S/C23H24FN3O4/c1-16(12-17-8-10-19(31-2)11-9-17)27(13-18-6-4-3-5-7-18)21(28)15-26-14-20(24)22(29)25-23(26)30/h3-11,14,16H,12-13,15H2,1-2H3,(H,25,29,30)/t16-/m0/s1. The van der Waals surface area contributed by atoms with Crippen molar-refractivity contribution in [2.45, 2.75) is 32.5 Å². The molecule has 0 aliphatic carbocycles. The summed E-state index contributed by atoms with van der Waals surface area (Å²) < 4.78 is 19.7. The lowest BCUT2D eigenvalue weighted by molar-refractivity contribution is -0.134. The number of aromatic nitrogens is 2. The Morgan fingerprint density at radius 2 is 1.77 bits per heavy atom. The minimum atomic E-state index is -1.12. The molecule has 0 aliphatic rings. The van der Waals surface area contributed by atoms with Gasteiger partial charge in [0.15, 0.2) is 0 Å². The molecule has 1 heterocycles. The predicted octanol–water partition coefficient (Wildman–Crippen LogP) is 2.34. The molecule has 8 heteroatoms. The molecule has 2 aromatic carbocycles. The normalized spacial score (nSPS) is 11.7. The Kier molecular flexibility index (Phi) is 7.02. The molecule has 0 radical (unpaired) electrons. The molecular formula is C23H24FN3O4. The summed E-state index contributed by atoms with van der Waals surface area (Å²) in [6, 6.07) is 16.8. The summed E-state index contributed by atoms with van der Waals surface area (Å²) in [5.74, 6) is -0.736. The fraction of sp³-hybridized carbons (Fsp3) is 0.261. The van der Waals surface area contributed by atoms with Crippen LogP contribution in [0.3, 0.4) is 0 Å². The number of halogens is 1. The van der Waals surface area contributed by atoms with Gasteiger partial charge in [-0.1, -0.05) is 42.5 Å². The Bertz CT molecular complexity index is 1140. The predicted molar refractivity (Wildman–Crippen MR) is 114 cm³/mol. The third-order valence-electron chi connectivity index (χ3n) is 5.01. The van der Waals surface area contributed by atoms with Crippen molar-refractivity contribution in [3.05, 3.63) is 98.6 Å². The van der Waals surface area contributed by atoms with Gasteiger partial charge >= 0.3 is 5.69 Å². The minimum Gasteiger partial charge on any atom is -0.497 e. The lowest BCUT2D eigenvalue weighted by Crippen LogP contribution is -2.43. The molecule has 7 nitrogen and oxygen atoms in total. The third-order valence-corrected chi connectivity index (χ3v) is 5.01. The van der Waals surface area contributed by atoms with Crippen LogP contribution in [0.25, 0.3) is 0 Å². The van der Waals surface area contributed by atoms with Crippen LogP contribution in [0.4, 0.5) is 4.39 Å². The summed E-state index contributed by atoms with van der Waals surface area (Å²) in [5.41, 5.74) is 0.00812. The summed E-state index contributed by atoms with van der Waals surface area (Å²) in [6.45, 7) is 1.87. The highest BCUT2D eigenvalue weighted by molar-refractivity contribution is 5.76. The van der Waals surface area contributed by atoms with Crippen LogP contribution in [0, 0.1) is 5.82 Å². The van der Waals surface area contributed by atoms with Crippen molar-refractivity contribution in [3.8, 4) is 5.75 Å². The number of amides is 1. The van der Waals surface area contributed by atoms with E-state index in [0.717, 1.165) is 27.6 Å². The second-order valence-electron chi connectivity index (χ2n) is 7.27. The molecule has 0 saturated heterocycles. The minimum absolute atomic E-state index is 0.204. The van der Waals surface area contributed by atoms with Crippen molar-refractivity contribution >= 4 is 5.91 Å². The van der Waals surface area contributed by atoms with Gasteiger partial charge in [0.1, 0.15) is 12.3 Å². The average Bonchev–Trinajstić information content (AvgIpc) is 2.77. The molecule has 162 valence electrons. The van der Waals surface area contributed by atoms with Crippen LogP contribution < -0.4 is 16.0 Å². The number of ether oxygens (including phenoxy) is 1. The Hall–Kier alpha value is -3.68. The summed E-state index contributed by atoms with van der Waals surface area (Å²) >= 11 is 0. The van der Waals surface area contributed by atoms with Crippen LogP contribution in [-0.4, -0.2) is 33.5 Å². The average molecular weight is 425 g/mol. The van der Waals surface area contributed by atoms with Gasteiger partial charge in [0.2, 0.25) is 11.7 Å². The van der Waals surface area contributed by atoms with Gasteiger partial charge in [0.05, 0.1) is 13.3 Å². The first-order valence-corrected chi connectivity index (χ1v) is 9.83. The SMILES string of the molecule is COc1ccc(C[C@H](C)N(Cc2ccccc2)C(=O)Cn2cc(F)c(=O)[nH]c2=O)cc1. The number of nitrogens with zero attached hydrogens (tertiary/aromatic N) is 2. The Balaban J connectivity index is 1.84. The maximum Gasteiger partial charge on any atom is 0.328 e. The number of benzene rings is 2. The van der Waals surface area contributed by atoms with Gasteiger partial charge in [-0.25, -0.2) is 4.79 Å². The fourth-order valence-corrected chi connectivity index (χ4v) is 3.32. The lowest BCUT2D eigenvalue weighted by Gasteiger charge is -2.30. The summed E-state index contributed by atoms with van der Waals surface area (Å²) in [5, 5.41) is 0. The van der Waals surface area contributed by atoms with Gasteiger partial charge < -0.3 is 9.64 Å². The van der Waals surface area contributed by atoms with E-state index in [9.17, 15) is 18.8 Å². The number of nitrogens with one attached hydrogen (secondary N) is 1. The number of hydrogen-bond donors (Lipinski definition) is 1. The van der Waals surface area contributed by atoms with Gasteiger partial charge in [-0.3, -0.25) is 19.1 Å². The molecule has 0 fully saturated rings. The van der Waals surface area contributed by atoms with Crippen molar-refractivity contribution in [2.75, 3.05) is 7.11 Å². The van der Waals surface area contributed by atoms with Crippen LogP contribution in [0.5, 0.6) is 5.75 Å². The number of carbonyl (C=O) groups is 1. The molecule has 0 aliphatic heterocycles. The van der Waals surface area contributed by atoms with Crippen LogP contribution in [-0.2, 0) is 24.3 Å². The smallest absolute Gasteiger partial charge is 0.328 e. The van der Waals surface area contributed by atoms with E-state index >= 15 is 0 Å². The zero-order valence-electron chi connectivity index (χ0n) is 17.4. The second kappa shape index (κ2) is 9.88. The highest BCUT2D eigenvalue weighted by Gasteiger charge is 2.22. The van der Waals surface area contributed by atoms with Crippen molar-refractivity contribution in [1.82, 2.24) is 14.5 Å². The molecule has 3 rings (SSSR count). The number of aromatic amines is 1. The zero-order chi connectivity index (χ0) is 22.4. The molecular weight excluding hydrogens is 401 g/mol. The molecule has 1 N–H and O–H groups in total. The topological polar surface area (TPSA) is 84.4 Å². The van der Waals surface area contributed by atoms with Crippen LogP contribution in [0.2, 0.25) is 0 Å². The van der Waals surface area contributed by atoms with Crippen molar-refractivity contribution in [2.24, 2.45) is 0 Å². The maximum atomic E-state index is 13.6. The molecule has 0 bridgehead atoms. The van der Waals surface area contributed by atoms with Gasteiger partial charge in [-0.15, -0.1) is 0 Å². The van der Waals surface area contributed by atoms with E-state index in [2.05, 4.69) is 0 Å². The highest BCUT2D eigenvalue weighted by Crippen LogP contribution is 2.17. The van der Waals surface area contributed by atoms with Crippen molar-refractivity contribution < 1.29 is 13.9 Å². The fourth-order valence-electron chi connectivity index (χ4n) is 3.32. The monoisotopic (exact) mass is 425 g/mol. The second-order valence-corrected chi connectivity index (χ2v) is 7.27. The number of hydrogen-bond acceptors (Lipinski definition) is 4. The number of rotatable bonds is 8. The van der Waals surface area contributed by atoms with Crippen molar-refractivity contribution in [3.63, 3.8) is 0 Å². The maximum absolute atomic E-state index is 13.6. The Morgan fingerprint density at radius 1 is 1.10 bits per heavy atom. The molecule has 0 spiro atoms. The molecule has 1 atom stereocenters. The number of carbonyl (C=O) groups excluding carboxylic acids is 1. The quantitative estimate of drug-likeness (QED) is 0.601. The Labute approximate surface area is 178 Å². The van der Waals surface area contributed by atoms with E-state index in [1.165, 1.54) is 0 Å². The van der Waals surface area contributed by atoms with Crippen LogP contribution >= 0.6 is 0 Å². The first kappa shape index (κ1) is 22.0. The van der Waals surface area contributed by atoms with E-state index in [-0.39, 0.29) is 18.5 Å². The molecule has 3 aromatic rings. The summed E-state index contributed by atoms with van der Waals surface area (Å²) in [6.07, 6.45) is 1.34. The van der Waals surface area contributed by atoms with E-state index in [1.54, 1.807) is 12.0 Å². The molecule has 1 amide bonds. The highest BCUT2D eigenvalue weighted by atomic mass is 19.1. The molecule has 1 aromatic heterocycles. The van der Waals surface area contributed by atoms with E-state index in [1.807, 2.05) is 66.5 Å². The van der Waals surface area contributed by atoms with Gasteiger partial charge in [0, 0.05) is 12.6 Å². The molecule has 0 unspecified atom stereocenters. The lowest BCUT2D eigenvalue weighted by atomic mass is 10.0. The first-order valence-electron chi connectivity index (χ1n) is 9.83. The van der Waals surface area contributed by atoms with Gasteiger partial charge in [0.25, 0.3) is 5.56 Å². The third kappa shape index (κ3) is 5.69. The number of H-pyrrole nitrogens is 1. The van der Waals surface area contributed by atoms with Crippen LogP contribution in [0.15, 0.2) is 70.4 Å². The summed E-state index contributed by atoms with van der Waals surface area (Å²) in [7, 11) is 1.60. The van der Waals surface area contributed by atoms with Crippen LogP contribution in [0.1, 0.15) is 18.1 Å². The van der Waals surface area contributed by atoms with E-state index < -0.39 is 17.1 Å². The summed E-state index contributed by atoms with van der Waals surface area (Å²) in [4.78, 5) is 39.9. The van der Waals surface area contributed by atoms with E-state index in [0.29, 0.717) is 13.0 Å². The number of methoxy groups -OCH3 is 1. The van der Waals surface area contributed by atoms with E-state index in [4.69, 9.17) is 4.74 Å². The largest absolute Gasteiger partial charge is 0.497 e. The Morgan fingerprint density at radius 3 is 2.42 bits per heavy atom. The molecule has 31 heavy (non-hydrogen) atoms. The van der Waals surface area contributed by atoms with Gasteiger partial charge in [-0.05, 0) is 36.6 Å². The molecule has 0 saturated carbocycles. The first-order chi connectivity index (χ1) is 14.9. The zero-order valence-corrected chi connectivity index (χ0v) is 17.4.